The second-order valence-electron chi connectivity index (χ2n) is 3.71. The van der Waals surface area contributed by atoms with Crippen molar-refractivity contribution in [3.63, 3.8) is 0 Å². The van der Waals surface area contributed by atoms with Gasteiger partial charge < -0.3 is 4.98 Å². The highest BCUT2D eigenvalue weighted by Gasteiger charge is 2.12. The molecule has 3 nitrogen and oxygen atoms in total. The Balaban J connectivity index is 2.37. The number of aromatic amines is 1. The molecule has 1 aromatic heterocycles. The monoisotopic (exact) mass is 255 g/mol. The van der Waals surface area contributed by atoms with Crippen molar-refractivity contribution in [3.05, 3.63) is 30.0 Å². The molecule has 0 spiro atoms. The third-order valence-corrected chi connectivity index (χ3v) is 2.83. The molecule has 90 valence electrons. The maximum atomic E-state index is 12.4. The largest absolute Gasteiger partial charge is 0.358 e. The fourth-order valence-electron chi connectivity index (χ4n) is 1.73. The average molecular weight is 256 g/mol. The van der Waals surface area contributed by atoms with Gasteiger partial charge in [0.15, 0.2) is 11.5 Å². The van der Waals surface area contributed by atoms with Crippen molar-refractivity contribution in [2.75, 3.05) is 5.88 Å². The van der Waals surface area contributed by atoms with Gasteiger partial charge in [-0.15, -0.1) is 11.6 Å². The van der Waals surface area contributed by atoms with Gasteiger partial charge in [-0.25, -0.2) is 0 Å². The van der Waals surface area contributed by atoms with Gasteiger partial charge in [0.25, 0.3) is 0 Å². The Morgan fingerprint density at radius 2 is 2.29 bits per heavy atom. The van der Waals surface area contributed by atoms with E-state index < -0.39 is 0 Å². The minimum atomic E-state index is -0.0629. The molecule has 0 saturated heterocycles. The van der Waals surface area contributed by atoms with Gasteiger partial charge in [0.2, 0.25) is 0 Å². The number of carbonyl (C=O) groups excluding carboxylic acids is 1. The molecule has 1 heterocycles. The molecule has 0 saturated carbocycles. The number of fused-ring (bicyclic) bond motifs is 1. The molecular formula is C12H11ClFNO2. The molecule has 0 bridgehead atoms. The number of carbonyl (C=O) groups is 1. The summed E-state index contributed by atoms with van der Waals surface area (Å²) in [6.45, 7) is 0. The summed E-state index contributed by atoms with van der Waals surface area (Å²) < 4.78 is 12.4. The summed E-state index contributed by atoms with van der Waals surface area (Å²) in [5.74, 6) is 0.402. The van der Waals surface area contributed by atoms with Crippen molar-refractivity contribution < 1.29 is 14.3 Å². The highest BCUT2D eigenvalue weighted by Crippen LogP contribution is 2.27. The zero-order valence-electron chi connectivity index (χ0n) is 9.00. The molecule has 0 aliphatic carbocycles. The lowest BCUT2D eigenvalue weighted by atomic mass is 10.0. The number of hydrogen-bond acceptors (Lipinski definition) is 2. The second-order valence-corrected chi connectivity index (χ2v) is 4.09. The van der Waals surface area contributed by atoms with Crippen molar-refractivity contribution in [1.29, 1.82) is 0 Å². The van der Waals surface area contributed by atoms with E-state index in [1.165, 1.54) is 6.07 Å². The van der Waals surface area contributed by atoms with E-state index in [2.05, 4.69) is 9.93 Å². The number of H-pyrrole nitrogens is 1. The molecular weight excluding hydrogens is 245 g/mol. The highest BCUT2D eigenvalue weighted by molar-refractivity contribution is 6.18. The Labute approximate surface area is 102 Å². The molecule has 0 amide bonds. The van der Waals surface area contributed by atoms with E-state index in [9.17, 15) is 9.32 Å². The first-order valence-corrected chi connectivity index (χ1v) is 5.78. The van der Waals surface area contributed by atoms with E-state index in [1.54, 1.807) is 18.3 Å². The average Bonchev–Trinajstić information content (AvgIpc) is 2.82. The van der Waals surface area contributed by atoms with Gasteiger partial charge in [-0.3, -0.25) is 9.74 Å². The summed E-state index contributed by atoms with van der Waals surface area (Å²) in [6.07, 6.45) is 2.63. The molecule has 0 aliphatic heterocycles. The van der Waals surface area contributed by atoms with Crippen LogP contribution in [0.3, 0.4) is 0 Å². The summed E-state index contributed by atoms with van der Waals surface area (Å²) in [5, 5.41) is 0.745. The summed E-state index contributed by atoms with van der Waals surface area (Å²) in [7, 11) is 0. The molecule has 1 N–H and O–H groups in total. The second kappa shape index (κ2) is 5.19. The molecule has 0 aliphatic rings. The smallest absolute Gasteiger partial charge is 0.196 e. The number of ketones is 1. The SMILES string of the molecule is O=C(CCCCl)c1cc(OF)c2[nH]ccc2c1. The van der Waals surface area contributed by atoms with Gasteiger partial charge in [0, 0.05) is 34.0 Å². The molecule has 2 aromatic rings. The Kier molecular flexibility index (Phi) is 3.64. The van der Waals surface area contributed by atoms with Crippen LogP contribution in [-0.4, -0.2) is 16.6 Å². The first-order chi connectivity index (χ1) is 8.26. The molecule has 2 rings (SSSR count). The van der Waals surface area contributed by atoms with Crippen molar-refractivity contribution in [2.24, 2.45) is 0 Å². The highest BCUT2D eigenvalue weighted by atomic mass is 35.5. The molecule has 0 radical (unpaired) electrons. The van der Waals surface area contributed by atoms with Crippen LogP contribution in [0.5, 0.6) is 5.75 Å². The Morgan fingerprint density at radius 1 is 1.47 bits per heavy atom. The quantitative estimate of drug-likeness (QED) is 0.655. The van der Waals surface area contributed by atoms with Gasteiger partial charge in [0.05, 0.1) is 5.52 Å². The maximum absolute atomic E-state index is 12.4. The van der Waals surface area contributed by atoms with E-state index in [1.807, 2.05) is 0 Å². The van der Waals surface area contributed by atoms with Crippen LogP contribution in [0.4, 0.5) is 4.53 Å². The van der Waals surface area contributed by atoms with Crippen molar-refractivity contribution in [1.82, 2.24) is 4.98 Å². The van der Waals surface area contributed by atoms with E-state index in [4.69, 9.17) is 11.6 Å². The maximum Gasteiger partial charge on any atom is 0.196 e. The number of rotatable bonds is 5. The summed E-state index contributed by atoms with van der Waals surface area (Å²) in [6, 6.07) is 4.87. The Morgan fingerprint density at radius 3 is 3.00 bits per heavy atom. The van der Waals surface area contributed by atoms with Crippen LogP contribution in [0.2, 0.25) is 0 Å². The minimum Gasteiger partial charge on any atom is -0.358 e. The third kappa shape index (κ3) is 2.42. The van der Waals surface area contributed by atoms with Crippen LogP contribution < -0.4 is 4.94 Å². The molecule has 5 heteroatoms. The van der Waals surface area contributed by atoms with Crippen LogP contribution in [0.1, 0.15) is 23.2 Å². The van der Waals surface area contributed by atoms with E-state index in [0.717, 1.165) is 5.39 Å². The molecule has 1 aromatic carbocycles. The fraction of sp³-hybridized carbons (Fsp3) is 0.250. The van der Waals surface area contributed by atoms with E-state index >= 15 is 0 Å². The normalized spacial score (nSPS) is 10.7. The van der Waals surface area contributed by atoms with Crippen LogP contribution in [0.25, 0.3) is 10.9 Å². The fourth-order valence-corrected chi connectivity index (χ4v) is 1.86. The van der Waals surface area contributed by atoms with Crippen molar-refractivity contribution >= 4 is 28.3 Å². The predicted molar refractivity (Wildman–Crippen MR) is 64.3 cm³/mol. The number of hydrogen-bond donors (Lipinski definition) is 1. The lowest BCUT2D eigenvalue weighted by Crippen LogP contribution is -1.99. The molecule has 0 atom stereocenters. The lowest BCUT2D eigenvalue weighted by molar-refractivity contribution is -0.00450. The van der Waals surface area contributed by atoms with Gasteiger partial charge in [-0.05, 0) is 24.6 Å². The van der Waals surface area contributed by atoms with Crippen LogP contribution in [-0.2, 0) is 0 Å². The molecule has 0 fully saturated rings. The summed E-state index contributed by atoms with van der Waals surface area (Å²) >= 11 is 5.53. The summed E-state index contributed by atoms with van der Waals surface area (Å²) in [4.78, 5) is 18.4. The van der Waals surface area contributed by atoms with Crippen molar-refractivity contribution in [3.8, 4) is 5.75 Å². The number of alkyl halides is 1. The van der Waals surface area contributed by atoms with E-state index in [0.29, 0.717) is 29.8 Å². The number of nitrogens with one attached hydrogen (secondary N) is 1. The zero-order valence-corrected chi connectivity index (χ0v) is 9.76. The molecule has 0 unspecified atom stereocenters. The number of Topliss-reactive ketones (excluding diaryl/α,β-unsaturated/α-hetero) is 1. The first kappa shape index (κ1) is 11.9. The Hall–Kier alpha value is -1.55. The van der Waals surface area contributed by atoms with Crippen LogP contribution >= 0.6 is 11.6 Å². The predicted octanol–water partition coefficient (Wildman–Crippen LogP) is 3.63. The Bertz CT molecular complexity index is 538. The van der Waals surface area contributed by atoms with Gasteiger partial charge in [-0.1, -0.05) is 0 Å². The van der Waals surface area contributed by atoms with E-state index in [-0.39, 0.29) is 11.5 Å². The lowest BCUT2D eigenvalue weighted by Gasteiger charge is -2.03. The molecule has 17 heavy (non-hydrogen) atoms. The first-order valence-electron chi connectivity index (χ1n) is 5.25. The van der Waals surface area contributed by atoms with Crippen molar-refractivity contribution in [2.45, 2.75) is 12.8 Å². The number of aromatic nitrogens is 1. The van der Waals surface area contributed by atoms with Gasteiger partial charge in [0.1, 0.15) is 0 Å². The zero-order chi connectivity index (χ0) is 12.3. The van der Waals surface area contributed by atoms with Crippen LogP contribution in [0, 0.1) is 0 Å². The van der Waals surface area contributed by atoms with Gasteiger partial charge in [-0.2, -0.15) is 0 Å². The van der Waals surface area contributed by atoms with Gasteiger partial charge >= 0.3 is 0 Å². The third-order valence-electron chi connectivity index (χ3n) is 2.57. The standard InChI is InChI=1S/C12H11ClFNO2/c13-4-1-2-10(16)9-6-8-3-5-15-12(8)11(7-9)17-14/h3,5-7,15H,1-2,4H2. The topological polar surface area (TPSA) is 42.1 Å². The van der Waals surface area contributed by atoms with Crippen LogP contribution in [0.15, 0.2) is 24.4 Å². The number of halogens is 2. The summed E-state index contributed by atoms with van der Waals surface area (Å²) in [5.41, 5.74) is 0.983. The minimum absolute atomic E-state index is 0.0294. The number of benzene rings is 1.